The third-order valence-corrected chi connectivity index (χ3v) is 2.78. The van der Waals surface area contributed by atoms with Crippen LogP contribution in [0.15, 0.2) is 20.6 Å². The van der Waals surface area contributed by atoms with Gasteiger partial charge in [0.25, 0.3) is 0 Å². The monoisotopic (exact) mass is 444 g/mol. The molecule has 1 aliphatic rings. The molecule has 0 aromatic rings. The van der Waals surface area contributed by atoms with Gasteiger partial charge in [-0.25, -0.2) is 0 Å². The van der Waals surface area contributed by atoms with E-state index in [0.29, 0.717) is 22.8 Å². The van der Waals surface area contributed by atoms with E-state index in [-0.39, 0.29) is 16.8 Å². The van der Waals surface area contributed by atoms with Crippen molar-refractivity contribution in [3.05, 3.63) is 12.0 Å². The van der Waals surface area contributed by atoms with Gasteiger partial charge in [-0.1, -0.05) is 39.9 Å². The van der Waals surface area contributed by atoms with Crippen LogP contribution in [0.3, 0.4) is 0 Å². The van der Waals surface area contributed by atoms with E-state index in [4.69, 9.17) is 20.8 Å². The molecule has 0 aromatic heterocycles. The Hall–Kier alpha value is -1.86. The average Bonchev–Trinajstić information content (AvgIpc) is 2.67. The number of rotatable bonds is 2. The summed E-state index contributed by atoms with van der Waals surface area (Å²) in [5, 5.41) is 47.4. The van der Waals surface area contributed by atoms with Crippen LogP contribution in [0.4, 0.5) is 13.2 Å². The second kappa shape index (κ2) is 24.1. The third kappa shape index (κ3) is 29.2. The van der Waals surface area contributed by atoms with Crippen molar-refractivity contribution < 1.29 is 50.8 Å². The zero-order valence-corrected chi connectivity index (χ0v) is 16.6. The van der Waals surface area contributed by atoms with Gasteiger partial charge < -0.3 is 39.3 Å². The van der Waals surface area contributed by atoms with Gasteiger partial charge in [0.2, 0.25) is 0 Å². The molecule has 1 saturated heterocycles. The van der Waals surface area contributed by atoms with Gasteiger partial charge in [-0.3, -0.25) is 0 Å². The molecular weight excluding hydrogens is 418 g/mol. The first-order valence-electron chi connectivity index (χ1n) is 7.39. The average molecular weight is 444 g/mol. The third-order valence-electron chi connectivity index (χ3n) is 2.78. The standard InChI is InChI=1S/C5H10N.2C4H8N2O2.CF3.Co/c1-2-4-6-5-3-1;2*1-3(5-7)4(2)6-8;2-1(3)4;/h1-5H2;2*7-8H,1-2H3;;/q-1;;;-1;+2/b;2*5-3+,6-4+;;. The van der Waals surface area contributed by atoms with Crippen molar-refractivity contribution in [3.63, 3.8) is 0 Å². The molecule has 27 heavy (non-hydrogen) atoms. The summed E-state index contributed by atoms with van der Waals surface area (Å²) in [5.41, 5.74) is 1.25. The van der Waals surface area contributed by atoms with Gasteiger partial charge in [-0.15, -0.1) is 13.1 Å². The largest absolute Gasteiger partial charge is 2.00 e. The molecule has 1 fully saturated rings. The smallest absolute Gasteiger partial charge is 0.662 e. The Balaban J connectivity index is -0.000000133. The number of oxime groups is 4. The summed E-state index contributed by atoms with van der Waals surface area (Å²) in [6.07, 6.45) is 4.07. The summed E-state index contributed by atoms with van der Waals surface area (Å²) in [7, 11) is 0. The zero-order valence-electron chi connectivity index (χ0n) is 15.5. The Morgan fingerprint density at radius 2 is 0.889 bits per heavy atom. The van der Waals surface area contributed by atoms with Crippen molar-refractivity contribution in [1.82, 2.24) is 0 Å². The number of halogens is 3. The minimum atomic E-state index is -3.08. The van der Waals surface area contributed by atoms with E-state index >= 15 is 0 Å². The van der Waals surface area contributed by atoms with Crippen molar-refractivity contribution in [1.29, 1.82) is 0 Å². The van der Waals surface area contributed by atoms with Gasteiger partial charge in [0.1, 0.15) is 22.8 Å². The zero-order chi connectivity index (χ0) is 21.0. The maximum atomic E-state index is 9.58. The van der Waals surface area contributed by atoms with Crippen LogP contribution < -0.4 is 0 Å². The second-order valence-electron chi connectivity index (χ2n) is 4.69. The van der Waals surface area contributed by atoms with Gasteiger partial charge in [0.15, 0.2) is 6.68 Å². The first-order valence-corrected chi connectivity index (χ1v) is 7.39. The van der Waals surface area contributed by atoms with E-state index in [1.807, 2.05) is 0 Å². The fourth-order valence-electron chi connectivity index (χ4n) is 1.03. The van der Waals surface area contributed by atoms with E-state index in [1.54, 1.807) is 0 Å². The Labute approximate surface area is 166 Å². The molecule has 0 aromatic carbocycles. The summed E-state index contributed by atoms with van der Waals surface area (Å²) < 4.78 is 28.8. The predicted octanol–water partition coefficient (Wildman–Crippen LogP) is 4.26. The summed E-state index contributed by atoms with van der Waals surface area (Å²) >= 11 is 0. The molecular formula is C14H26CoF3N5O4. The first kappa shape index (κ1) is 32.8. The molecule has 0 spiro atoms. The molecule has 0 aliphatic carbocycles. The van der Waals surface area contributed by atoms with Crippen LogP contribution in [0.5, 0.6) is 0 Å². The van der Waals surface area contributed by atoms with Gasteiger partial charge in [-0.05, 0) is 27.7 Å². The maximum Gasteiger partial charge on any atom is 2.00 e. The van der Waals surface area contributed by atoms with Crippen molar-refractivity contribution in [2.24, 2.45) is 20.6 Å². The van der Waals surface area contributed by atoms with Crippen molar-refractivity contribution in [3.8, 4) is 0 Å². The summed E-state index contributed by atoms with van der Waals surface area (Å²) in [6, 6.07) is 0. The Kier molecular flexibility index (Phi) is 29.3. The molecule has 161 valence electrons. The molecule has 1 rings (SSSR count). The summed E-state index contributed by atoms with van der Waals surface area (Å²) in [5.74, 6) is 0. The van der Waals surface area contributed by atoms with Crippen LogP contribution in [-0.4, -0.2) is 56.8 Å². The number of hydrogen-bond acceptors (Lipinski definition) is 8. The molecule has 0 unspecified atom stereocenters. The Morgan fingerprint density at radius 1 is 0.667 bits per heavy atom. The summed E-state index contributed by atoms with van der Waals surface area (Å²) in [4.78, 5) is 0. The minimum Gasteiger partial charge on any atom is -0.662 e. The first-order chi connectivity index (χ1) is 12.2. The second-order valence-corrected chi connectivity index (χ2v) is 4.69. The van der Waals surface area contributed by atoms with Gasteiger partial charge in [0, 0.05) is 0 Å². The number of piperidine rings is 1. The molecule has 0 atom stereocenters. The van der Waals surface area contributed by atoms with E-state index in [9.17, 15) is 13.2 Å². The number of hydrogen-bond donors (Lipinski definition) is 4. The minimum absolute atomic E-state index is 0. The molecule has 1 radical (unpaired) electrons. The summed E-state index contributed by atoms with van der Waals surface area (Å²) in [6.45, 7) is 5.31. The van der Waals surface area contributed by atoms with Gasteiger partial charge in [0.05, 0.1) is 0 Å². The molecule has 0 amide bonds. The Bertz CT molecular complexity index is 382. The molecule has 4 N–H and O–H groups in total. The molecule has 1 heterocycles. The molecule has 0 saturated carbocycles. The fourth-order valence-corrected chi connectivity index (χ4v) is 1.03. The van der Waals surface area contributed by atoms with E-state index < -0.39 is 6.68 Å². The van der Waals surface area contributed by atoms with E-state index in [0.717, 1.165) is 13.1 Å². The van der Waals surface area contributed by atoms with Crippen LogP contribution in [0.2, 0.25) is 0 Å². The van der Waals surface area contributed by atoms with E-state index in [1.165, 1.54) is 47.0 Å². The SMILES string of the molecule is C1CC[N-]CC1.CC(=N\O)/C(C)=N/O.CC(=N\O)/C(C)=N/O.F[C-](F)F.[Co+2]. The quantitative estimate of drug-likeness (QED) is 0.218. The van der Waals surface area contributed by atoms with Crippen molar-refractivity contribution >= 4 is 22.8 Å². The molecule has 13 heteroatoms. The van der Waals surface area contributed by atoms with Crippen LogP contribution in [0, 0.1) is 6.68 Å². The van der Waals surface area contributed by atoms with Gasteiger partial charge in [-0.2, -0.15) is 0 Å². The van der Waals surface area contributed by atoms with Crippen LogP contribution >= 0.6 is 0 Å². The fraction of sp³-hybridized carbons (Fsp3) is 0.643. The van der Waals surface area contributed by atoms with Gasteiger partial charge >= 0.3 is 16.8 Å². The van der Waals surface area contributed by atoms with Crippen LogP contribution in [0.25, 0.3) is 5.32 Å². The number of nitrogens with zero attached hydrogens (tertiary/aromatic N) is 5. The maximum absolute atomic E-state index is 9.58. The molecule has 0 bridgehead atoms. The Morgan fingerprint density at radius 3 is 0.963 bits per heavy atom. The van der Waals surface area contributed by atoms with Crippen molar-refractivity contribution in [2.75, 3.05) is 13.1 Å². The molecule has 1 aliphatic heterocycles. The molecule has 9 nitrogen and oxygen atoms in total. The van der Waals surface area contributed by atoms with Crippen molar-refractivity contribution in [2.45, 2.75) is 47.0 Å². The van der Waals surface area contributed by atoms with E-state index in [2.05, 4.69) is 25.9 Å². The predicted molar refractivity (Wildman–Crippen MR) is 93.1 cm³/mol. The van der Waals surface area contributed by atoms with Crippen LogP contribution in [0.1, 0.15) is 47.0 Å². The topological polar surface area (TPSA) is 144 Å². The van der Waals surface area contributed by atoms with Crippen LogP contribution in [-0.2, 0) is 16.8 Å². The normalized spacial score (nSPS) is 15.1.